The van der Waals surface area contributed by atoms with Crippen LogP contribution in [0.5, 0.6) is 0 Å². The third-order valence-corrected chi connectivity index (χ3v) is 6.80. The summed E-state index contributed by atoms with van der Waals surface area (Å²) in [4.78, 5) is 7.05. The maximum absolute atomic E-state index is 5.49. The average Bonchev–Trinajstić information content (AvgIpc) is 3.17. The summed E-state index contributed by atoms with van der Waals surface area (Å²) in [6, 6.07) is 2.99. The number of hydrogen-bond acceptors (Lipinski definition) is 4. The number of pyridine rings is 1. The molecule has 1 aromatic heterocycles. The minimum absolute atomic E-state index is 0.688. The predicted octanol–water partition coefficient (Wildman–Crippen LogP) is 3.06. The van der Waals surface area contributed by atoms with E-state index in [1.54, 1.807) is 0 Å². The number of nitrogens with zero attached hydrogens (tertiary/aromatic N) is 2. The van der Waals surface area contributed by atoms with E-state index in [2.05, 4.69) is 33.9 Å². The standard InChI is InChI=1S/C17H24N2OS/c1-2-17(16-11-18-7-3-13(1)16)21-15-4-8-19(12-15)14-5-9-20-10-6-14/h3,7,11,14-15,17H,1-2,4-6,8-10,12H2/t15-,17?/m1/s1. The molecule has 1 aliphatic carbocycles. The summed E-state index contributed by atoms with van der Waals surface area (Å²) < 4.78 is 5.49. The van der Waals surface area contributed by atoms with Crippen molar-refractivity contribution in [2.75, 3.05) is 26.3 Å². The third kappa shape index (κ3) is 2.99. The predicted molar refractivity (Wildman–Crippen MR) is 86.7 cm³/mol. The van der Waals surface area contributed by atoms with Crippen LogP contribution >= 0.6 is 11.8 Å². The summed E-state index contributed by atoms with van der Waals surface area (Å²) in [5, 5.41) is 1.50. The number of fused-ring (bicyclic) bond motifs is 1. The van der Waals surface area contributed by atoms with E-state index in [9.17, 15) is 0 Å². The molecule has 4 heteroatoms. The van der Waals surface area contributed by atoms with Gasteiger partial charge >= 0.3 is 0 Å². The molecule has 3 nitrogen and oxygen atoms in total. The van der Waals surface area contributed by atoms with Gasteiger partial charge < -0.3 is 4.74 Å². The summed E-state index contributed by atoms with van der Waals surface area (Å²) >= 11 is 2.21. The Kier molecular flexibility index (Phi) is 4.19. The van der Waals surface area contributed by atoms with Crippen LogP contribution in [-0.4, -0.2) is 47.5 Å². The molecule has 0 saturated carbocycles. The summed E-state index contributed by atoms with van der Waals surface area (Å²) in [5.74, 6) is 0. The zero-order chi connectivity index (χ0) is 14.1. The van der Waals surface area contributed by atoms with Gasteiger partial charge in [-0.1, -0.05) is 0 Å². The van der Waals surface area contributed by atoms with E-state index in [1.807, 2.05) is 6.20 Å². The van der Waals surface area contributed by atoms with Crippen LogP contribution in [0, 0.1) is 0 Å². The Bertz CT molecular complexity index is 489. The molecule has 4 rings (SSSR count). The summed E-state index contributed by atoms with van der Waals surface area (Å²) in [6.45, 7) is 4.48. The number of thioether (sulfide) groups is 1. The van der Waals surface area contributed by atoms with Crippen molar-refractivity contribution in [2.24, 2.45) is 0 Å². The molecule has 2 atom stereocenters. The van der Waals surface area contributed by atoms with Crippen molar-refractivity contribution >= 4 is 11.8 Å². The lowest BCUT2D eigenvalue weighted by molar-refractivity contribution is 0.0425. The molecule has 1 aromatic rings. The fourth-order valence-electron chi connectivity index (χ4n) is 4.02. The van der Waals surface area contributed by atoms with Crippen molar-refractivity contribution in [3.63, 3.8) is 0 Å². The largest absolute Gasteiger partial charge is 0.381 e. The monoisotopic (exact) mass is 304 g/mol. The van der Waals surface area contributed by atoms with E-state index in [1.165, 1.54) is 56.3 Å². The molecule has 0 amide bonds. The highest BCUT2D eigenvalue weighted by molar-refractivity contribution is 8.00. The summed E-state index contributed by atoms with van der Waals surface area (Å²) in [7, 11) is 0. The van der Waals surface area contributed by atoms with Crippen molar-refractivity contribution in [3.8, 4) is 0 Å². The molecular formula is C17H24N2OS. The van der Waals surface area contributed by atoms with Crippen LogP contribution in [0.25, 0.3) is 0 Å². The maximum Gasteiger partial charge on any atom is 0.0480 e. The van der Waals surface area contributed by atoms with Crippen molar-refractivity contribution in [2.45, 2.75) is 48.6 Å². The van der Waals surface area contributed by atoms with Gasteiger partial charge in [-0.25, -0.2) is 0 Å². The van der Waals surface area contributed by atoms with Gasteiger partial charge in [0.2, 0.25) is 0 Å². The zero-order valence-corrected chi connectivity index (χ0v) is 13.4. The summed E-state index contributed by atoms with van der Waals surface area (Å²) in [5.41, 5.74) is 3.04. The highest BCUT2D eigenvalue weighted by Gasteiger charge is 2.33. The first kappa shape index (κ1) is 14.0. The van der Waals surface area contributed by atoms with Crippen LogP contribution in [-0.2, 0) is 11.2 Å². The molecule has 0 N–H and O–H groups in total. The second-order valence-corrected chi connectivity index (χ2v) is 7.99. The van der Waals surface area contributed by atoms with Gasteiger partial charge in [-0.05, 0) is 55.8 Å². The van der Waals surface area contributed by atoms with E-state index >= 15 is 0 Å². The van der Waals surface area contributed by atoms with Gasteiger partial charge in [0.25, 0.3) is 0 Å². The quantitative estimate of drug-likeness (QED) is 0.857. The van der Waals surface area contributed by atoms with Gasteiger partial charge in [-0.2, -0.15) is 0 Å². The number of likely N-dealkylation sites (tertiary alicyclic amines) is 1. The van der Waals surface area contributed by atoms with Crippen molar-refractivity contribution in [1.82, 2.24) is 9.88 Å². The lowest BCUT2D eigenvalue weighted by Gasteiger charge is -2.31. The van der Waals surface area contributed by atoms with Gasteiger partial charge in [0.1, 0.15) is 0 Å². The lowest BCUT2D eigenvalue weighted by Crippen LogP contribution is -2.38. The molecule has 0 bridgehead atoms. The van der Waals surface area contributed by atoms with Gasteiger partial charge in [0.15, 0.2) is 0 Å². The van der Waals surface area contributed by atoms with E-state index < -0.39 is 0 Å². The maximum atomic E-state index is 5.49. The fraction of sp³-hybridized carbons (Fsp3) is 0.706. The Labute approximate surface area is 131 Å². The molecule has 0 aromatic carbocycles. The lowest BCUT2D eigenvalue weighted by atomic mass is 10.1. The van der Waals surface area contributed by atoms with Crippen LogP contribution in [0.4, 0.5) is 0 Å². The molecule has 114 valence electrons. The van der Waals surface area contributed by atoms with Crippen LogP contribution in [0.1, 0.15) is 42.1 Å². The van der Waals surface area contributed by atoms with Crippen LogP contribution < -0.4 is 0 Å². The average molecular weight is 304 g/mol. The fourth-order valence-corrected chi connectivity index (χ4v) is 5.61. The first-order chi connectivity index (χ1) is 10.4. The van der Waals surface area contributed by atoms with Crippen LogP contribution in [0.15, 0.2) is 18.5 Å². The highest BCUT2D eigenvalue weighted by atomic mass is 32.2. The molecule has 0 spiro atoms. The molecule has 3 aliphatic rings. The Balaban J connectivity index is 1.35. The van der Waals surface area contributed by atoms with Crippen LogP contribution in [0.2, 0.25) is 0 Å². The minimum Gasteiger partial charge on any atom is -0.381 e. The topological polar surface area (TPSA) is 25.4 Å². The Morgan fingerprint density at radius 2 is 2.10 bits per heavy atom. The highest BCUT2D eigenvalue weighted by Crippen LogP contribution is 2.44. The Morgan fingerprint density at radius 1 is 1.19 bits per heavy atom. The number of aryl methyl sites for hydroxylation is 1. The second-order valence-electron chi connectivity index (χ2n) is 6.49. The number of rotatable bonds is 3. The number of aromatic nitrogens is 1. The first-order valence-electron chi connectivity index (χ1n) is 8.30. The number of hydrogen-bond donors (Lipinski definition) is 0. The van der Waals surface area contributed by atoms with Crippen molar-refractivity contribution in [1.29, 1.82) is 0 Å². The first-order valence-corrected chi connectivity index (χ1v) is 9.24. The molecule has 0 radical (unpaired) electrons. The molecule has 1 unspecified atom stereocenters. The number of ether oxygens (including phenoxy) is 1. The van der Waals surface area contributed by atoms with E-state index in [4.69, 9.17) is 4.74 Å². The molecule has 21 heavy (non-hydrogen) atoms. The third-order valence-electron chi connectivity index (χ3n) is 5.21. The van der Waals surface area contributed by atoms with E-state index in [0.717, 1.165) is 24.5 Å². The molecular weight excluding hydrogens is 280 g/mol. The SMILES string of the molecule is c1cc2c(cn1)C(S[C@@H]1CCN(C3CCOCC3)C1)CC2. The smallest absolute Gasteiger partial charge is 0.0480 e. The van der Waals surface area contributed by atoms with E-state index in [-0.39, 0.29) is 0 Å². The van der Waals surface area contributed by atoms with E-state index in [0.29, 0.717) is 5.25 Å². The second kappa shape index (κ2) is 6.27. The van der Waals surface area contributed by atoms with Gasteiger partial charge in [-0.3, -0.25) is 9.88 Å². The Morgan fingerprint density at radius 3 is 3.00 bits per heavy atom. The molecule has 2 saturated heterocycles. The molecule has 3 heterocycles. The molecule has 2 aliphatic heterocycles. The van der Waals surface area contributed by atoms with Gasteiger partial charge in [0.05, 0.1) is 0 Å². The normalized spacial score (nSPS) is 30.7. The van der Waals surface area contributed by atoms with Gasteiger partial charge in [-0.15, -0.1) is 11.8 Å². The molecule has 2 fully saturated rings. The minimum atomic E-state index is 0.688. The summed E-state index contributed by atoms with van der Waals surface area (Å²) in [6.07, 6.45) is 10.4. The van der Waals surface area contributed by atoms with Crippen molar-refractivity contribution in [3.05, 3.63) is 29.6 Å². The van der Waals surface area contributed by atoms with Crippen molar-refractivity contribution < 1.29 is 4.74 Å². The Hall–Kier alpha value is -0.580. The van der Waals surface area contributed by atoms with Gasteiger partial charge in [0, 0.05) is 48.7 Å². The zero-order valence-electron chi connectivity index (χ0n) is 12.5. The van der Waals surface area contributed by atoms with Crippen LogP contribution in [0.3, 0.4) is 0 Å².